The first-order chi connectivity index (χ1) is 15.2. The molecule has 0 spiro atoms. The molecule has 0 atom stereocenters. The van der Waals surface area contributed by atoms with Crippen molar-refractivity contribution in [2.75, 3.05) is 59.0 Å². The Morgan fingerprint density at radius 2 is 1.65 bits per heavy atom. The summed E-state index contributed by atoms with van der Waals surface area (Å²) in [6, 6.07) is 9.57. The lowest BCUT2D eigenvalue weighted by molar-refractivity contribution is -0.137. The molecular weight excluding hydrogens is 400 g/mol. The van der Waals surface area contributed by atoms with Gasteiger partial charge in [-0.25, -0.2) is 19.8 Å². The van der Waals surface area contributed by atoms with Crippen molar-refractivity contribution in [3.63, 3.8) is 0 Å². The lowest BCUT2D eigenvalue weighted by atomic mass is 10.2. The summed E-state index contributed by atoms with van der Waals surface area (Å²) in [5, 5.41) is 1.79. The summed E-state index contributed by atoms with van der Waals surface area (Å²) in [6.07, 6.45) is 2.36. The van der Waals surface area contributed by atoms with Gasteiger partial charge >= 0.3 is 6.09 Å². The fourth-order valence-electron chi connectivity index (χ4n) is 3.49. The molecule has 31 heavy (non-hydrogen) atoms. The molecule has 4 rings (SSSR count). The molecule has 1 N–H and O–H groups in total. The van der Waals surface area contributed by atoms with E-state index in [4.69, 9.17) is 9.47 Å². The van der Waals surface area contributed by atoms with Gasteiger partial charge in [0.05, 0.1) is 32.2 Å². The number of morpholine rings is 1. The Morgan fingerprint density at radius 3 is 2.32 bits per heavy atom. The molecule has 10 heteroatoms. The number of carbonyl (C=O) groups is 2. The zero-order chi connectivity index (χ0) is 21.5. The number of ether oxygens (including phenoxy) is 2. The van der Waals surface area contributed by atoms with Crippen LogP contribution in [0.25, 0.3) is 11.4 Å². The van der Waals surface area contributed by atoms with Crippen molar-refractivity contribution in [2.45, 2.75) is 0 Å². The van der Waals surface area contributed by atoms with Crippen molar-refractivity contribution >= 4 is 12.0 Å². The minimum absolute atomic E-state index is 0.128. The van der Waals surface area contributed by atoms with Gasteiger partial charge in [0.2, 0.25) is 5.91 Å². The Hall–Kier alpha value is -3.08. The first-order valence-electron chi connectivity index (χ1n) is 10.4. The molecule has 2 saturated heterocycles. The zero-order valence-electron chi connectivity index (χ0n) is 17.3. The van der Waals surface area contributed by atoms with Crippen molar-refractivity contribution in [3.8, 4) is 17.1 Å². The van der Waals surface area contributed by atoms with Crippen molar-refractivity contribution in [2.24, 2.45) is 0 Å². The van der Waals surface area contributed by atoms with Gasteiger partial charge < -0.3 is 14.4 Å². The number of hydrazine groups is 1. The van der Waals surface area contributed by atoms with Gasteiger partial charge in [-0.05, 0) is 0 Å². The highest BCUT2D eigenvalue weighted by molar-refractivity contribution is 5.78. The maximum atomic E-state index is 12.4. The number of piperazine rings is 1. The van der Waals surface area contributed by atoms with Gasteiger partial charge in [0.25, 0.3) is 0 Å². The Morgan fingerprint density at radius 1 is 0.968 bits per heavy atom. The number of aromatic nitrogens is 2. The topological polar surface area (TPSA) is 100 Å². The zero-order valence-corrected chi connectivity index (χ0v) is 17.3. The number of nitrogens with zero attached hydrogens (tertiary/aromatic N) is 5. The van der Waals surface area contributed by atoms with E-state index in [2.05, 4.69) is 20.3 Å². The molecule has 164 valence electrons. The number of benzene rings is 1. The molecule has 0 radical (unpaired) electrons. The average Bonchev–Trinajstić information content (AvgIpc) is 2.82. The fourth-order valence-corrected chi connectivity index (χ4v) is 3.49. The Balaban J connectivity index is 1.19. The fraction of sp³-hybridized carbons (Fsp3) is 0.429. The highest BCUT2D eigenvalue weighted by atomic mass is 16.6. The minimum Gasteiger partial charge on any atom is -0.406 e. The molecule has 2 fully saturated rings. The molecule has 2 aliphatic heterocycles. The number of amides is 2. The number of hydrogen-bond acceptors (Lipinski definition) is 8. The quantitative estimate of drug-likeness (QED) is 0.743. The number of hydrogen-bond donors (Lipinski definition) is 1. The van der Waals surface area contributed by atoms with E-state index in [1.165, 1.54) is 12.4 Å². The van der Waals surface area contributed by atoms with Gasteiger partial charge in [-0.3, -0.25) is 15.1 Å². The molecule has 1 aromatic heterocycles. The third kappa shape index (κ3) is 5.97. The Kier molecular flexibility index (Phi) is 7.03. The van der Waals surface area contributed by atoms with Gasteiger partial charge in [0, 0.05) is 44.8 Å². The summed E-state index contributed by atoms with van der Waals surface area (Å²) in [6.45, 7) is 5.49. The van der Waals surface area contributed by atoms with E-state index in [1.54, 1.807) is 5.01 Å². The molecule has 2 amide bonds. The normalized spacial score (nSPS) is 17.9. The second-order valence-corrected chi connectivity index (χ2v) is 7.37. The molecule has 0 bridgehead atoms. The standard InChI is InChI=1S/C21H26N6O4/c28-19(26-10-12-30-13-11-26)16-25-6-8-27(9-7-25)24-21(29)31-18-14-22-20(23-15-18)17-4-2-1-3-5-17/h1-5,14-15H,6-13,16H2,(H,24,29). The second kappa shape index (κ2) is 10.3. The van der Waals surface area contributed by atoms with Crippen LogP contribution in [0.15, 0.2) is 42.7 Å². The summed E-state index contributed by atoms with van der Waals surface area (Å²) < 4.78 is 10.6. The van der Waals surface area contributed by atoms with Gasteiger partial charge in [-0.2, -0.15) is 0 Å². The molecule has 0 unspecified atom stereocenters. The van der Waals surface area contributed by atoms with Crippen LogP contribution in [-0.4, -0.2) is 95.8 Å². The lowest BCUT2D eigenvalue weighted by Gasteiger charge is -2.35. The Labute approximate surface area is 180 Å². The predicted octanol–water partition coefficient (Wildman–Crippen LogP) is 0.623. The van der Waals surface area contributed by atoms with Gasteiger partial charge in [0.15, 0.2) is 11.6 Å². The molecule has 1 aromatic carbocycles. The number of nitrogens with one attached hydrogen (secondary N) is 1. The first kappa shape index (κ1) is 21.2. The van der Waals surface area contributed by atoms with Crippen LogP contribution in [0, 0.1) is 0 Å². The number of carbonyl (C=O) groups excluding carboxylic acids is 2. The van der Waals surface area contributed by atoms with E-state index in [0.29, 0.717) is 64.9 Å². The highest BCUT2D eigenvalue weighted by Crippen LogP contribution is 2.16. The second-order valence-electron chi connectivity index (χ2n) is 7.37. The molecule has 0 saturated carbocycles. The lowest BCUT2D eigenvalue weighted by Crippen LogP contribution is -2.56. The summed E-state index contributed by atoms with van der Waals surface area (Å²) >= 11 is 0. The van der Waals surface area contributed by atoms with E-state index in [1.807, 2.05) is 35.2 Å². The smallest absolute Gasteiger partial charge is 0.406 e. The van der Waals surface area contributed by atoms with Crippen LogP contribution >= 0.6 is 0 Å². The average molecular weight is 426 g/mol. The summed E-state index contributed by atoms with van der Waals surface area (Å²) in [4.78, 5) is 37.0. The van der Waals surface area contributed by atoms with E-state index in [0.717, 1.165) is 5.56 Å². The Bertz CT molecular complexity index is 865. The summed E-state index contributed by atoms with van der Waals surface area (Å²) in [5.74, 6) is 0.964. The van der Waals surface area contributed by atoms with Crippen LogP contribution in [0.2, 0.25) is 0 Å². The van der Waals surface area contributed by atoms with E-state index >= 15 is 0 Å². The van der Waals surface area contributed by atoms with Crippen molar-refractivity contribution < 1.29 is 19.1 Å². The van der Waals surface area contributed by atoms with Crippen molar-refractivity contribution in [3.05, 3.63) is 42.7 Å². The van der Waals surface area contributed by atoms with E-state index in [-0.39, 0.29) is 11.7 Å². The van der Waals surface area contributed by atoms with Crippen LogP contribution in [0.5, 0.6) is 5.75 Å². The van der Waals surface area contributed by atoms with Crippen LogP contribution < -0.4 is 10.2 Å². The third-order valence-electron chi connectivity index (χ3n) is 5.22. The molecule has 2 aliphatic rings. The van der Waals surface area contributed by atoms with Crippen molar-refractivity contribution in [1.82, 2.24) is 30.2 Å². The highest BCUT2D eigenvalue weighted by Gasteiger charge is 2.24. The summed E-state index contributed by atoms with van der Waals surface area (Å²) in [7, 11) is 0. The number of rotatable bonds is 5. The van der Waals surface area contributed by atoms with E-state index < -0.39 is 6.09 Å². The monoisotopic (exact) mass is 426 g/mol. The van der Waals surface area contributed by atoms with Crippen LogP contribution in [-0.2, 0) is 9.53 Å². The molecular formula is C21H26N6O4. The molecule has 2 aromatic rings. The largest absolute Gasteiger partial charge is 0.427 e. The van der Waals surface area contributed by atoms with E-state index in [9.17, 15) is 9.59 Å². The van der Waals surface area contributed by atoms with Crippen LogP contribution in [0.3, 0.4) is 0 Å². The van der Waals surface area contributed by atoms with Gasteiger partial charge in [-0.1, -0.05) is 30.3 Å². The maximum absolute atomic E-state index is 12.4. The molecule has 0 aliphatic carbocycles. The van der Waals surface area contributed by atoms with Crippen LogP contribution in [0.4, 0.5) is 4.79 Å². The van der Waals surface area contributed by atoms with Gasteiger partial charge in [-0.15, -0.1) is 0 Å². The SMILES string of the molecule is O=C(NN1CCN(CC(=O)N2CCOCC2)CC1)Oc1cnc(-c2ccccc2)nc1. The van der Waals surface area contributed by atoms with Gasteiger partial charge in [0.1, 0.15) is 0 Å². The predicted molar refractivity (Wildman–Crippen MR) is 112 cm³/mol. The third-order valence-corrected chi connectivity index (χ3v) is 5.22. The summed E-state index contributed by atoms with van der Waals surface area (Å²) in [5.41, 5.74) is 3.62. The molecule has 3 heterocycles. The first-order valence-corrected chi connectivity index (χ1v) is 10.4. The minimum atomic E-state index is -0.589. The van der Waals surface area contributed by atoms with Crippen molar-refractivity contribution in [1.29, 1.82) is 0 Å². The van der Waals surface area contributed by atoms with Crippen LogP contribution in [0.1, 0.15) is 0 Å². The maximum Gasteiger partial charge on any atom is 0.427 e. The molecule has 10 nitrogen and oxygen atoms in total.